The molecule has 0 aromatic carbocycles. The van der Waals surface area contributed by atoms with Crippen LogP contribution < -0.4 is 5.73 Å². The van der Waals surface area contributed by atoms with Gasteiger partial charge in [0.15, 0.2) is 0 Å². The van der Waals surface area contributed by atoms with E-state index < -0.39 is 0 Å². The van der Waals surface area contributed by atoms with Gasteiger partial charge < -0.3 is 20.6 Å². The molecule has 1 fully saturated rings. The molecule has 90 valence electrons. The maximum absolute atomic E-state index is 8.87. The van der Waals surface area contributed by atoms with Crippen molar-refractivity contribution in [3.05, 3.63) is 0 Å². The highest BCUT2D eigenvalue weighted by Crippen LogP contribution is 2.15. The van der Waals surface area contributed by atoms with E-state index in [4.69, 9.17) is 10.8 Å². The first kappa shape index (κ1) is 12.9. The van der Waals surface area contributed by atoms with Crippen molar-refractivity contribution in [1.29, 1.82) is 0 Å². The first-order valence-electron chi connectivity index (χ1n) is 5.85. The fourth-order valence-corrected chi connectivity index (χ4v) is 2.40. The molecule has 1 rings (SSSR count). The normalized spacial score (nSPS) is 25.8. The van der Waals surface area contributed by atoms with Crippen LogP contribution in [0, 0.1) is 5.92 Å². The van der Waals surface area contributed by atoms with Gasteiger partial charge in [0.1, 0.15) is 0 Å². The predicted molar refractivity (Wildman–Crippen MR) is 62.8 cm³/mol. The number of rotatable bonds is 5. The second-order valence-electron chi connectivity index (χ2n) is 4.93. The van der Waals surface area contributed by atoms with Crippen LogP contribution in [-0.2, 0) is 0 Å². The van der Waals surface area contributed by atoms with Gasteiger partial charge in [-0.25, -0.2) is 0 Å². The largest absolute Gasteiger partial charge is 0.395 e. The van der Waals surface area contributed by atoms with E-state index in [9.17, 15) is 0 Å². The highest BCUT2D eigenvalue weighted by Gasteiger charge is 2.19. The fraction of sp³-hybridized carbons (Fsp3) is 1.00. The van der Waals surface area contributed by atoms with Gasteiger partial charge in [0.25, 0.3) is 0 Å². The maximum atomic E-state index is 8.87. The molecule has 4 nitrogen and oxygen atoms in total. The molecule has 1 aliphatic rings. The lowest BCUT2D eigenvalue weighted by Crippen LogP contribution is -2.43. The molecule has 1 saturated heterocycles. The quantitative estimate of drug-likeness (QED) is 0.654. The molecular weight excluding hydrogens is 190 g/mol. The molecule has 0 spiro atoms. The van der Waals surface area contributed by atoms with Gasteiger partial charge in [-0.05, 0) is 39.4 Å². The summed E-state index contributed by atoms with van der Waals surface area (Å²) in [5, 5.41) is 8.87. The third-order valence-corrected chi connectivity index (χ3v) is 3.07. The predicted octanol–water partition coefficient (Wildman–Crippen LogP) is -0.420. The summed E-state index contributed by atoms with van der Waals surface area (Å²) in [6.07, 6.45) is 2.63. The number of nitrogens with zero attached hydrogens (tertiary/aromatic N) is 2. The summed E-state index contributed by atoms with van der Waals surface area (Å²) >= 11 is 0. The van der Waals surface area contributed by atoms with Crippen LogP contribution in [0.15, 0.2) is 0 Å². The van der Waals surface area contributed by atoms with Crippen LogP contribution in [-0.4, -0.2) is 67.8 Å². The van der Waals surface area contributed by atoms with Gasteiger partial charge >= 0.3 is 0 Å². The zero-order chi connectivity index (χ0) is 11.3. The second kappa shape index (κ2) is 6.43. The van der Waals surface area contributed by atoms with E-state index in [2.05, 4.69) is 23.9 Å². The minimum Gasteiger partial charge on any atom is -0.395 e. The zero-order valence-electron chi connectivity index (χ0n) is 10.0. The average molecular weight is 215 g/mol. The van der Waals surface area contributed by atoms with Crippen molar-refractivity contribution in [3.8, 4) is 0 Å². The minimum absolute atomic E-state index is 0.0783. The molecular formula is C11H25N3O. The summed E-state index contributed by atoms with van der Waals surface area (Å²) in [4.78, 5) is 4.64. The number of likely N-dealkylation sites (N-methyl/N-ethyl adjacent to an activating group) is 1. The van der Waals surface area contributed by atoms with E-state index >= 15 is 0 Å². The molecule has 2 atom stereocenters. The Labute approximate surface area is 93.0 Å². The lowest BCUT2D eigenvalue weighted by atomic mass is 9.98. The van der Waals surface area contributed by atoms with Crippen molar-refractivity contribution in [2.75, 3.05) is 46.9 Å². The molecule has 0 saturated carbocycles. The van der Waals surface area contributed by atoms with Crippen LogP contribution in [0.25, 0.3) is 0 Å². The molecule has 2 unspecified atom stereocenters. The van der Waals surface area contributed by atoms with E-state index in [0.29, 0.717) is 0 Å². The summed E-state index contributed by atoms with van der Waals surface area (Å²) in [6.45, 7) is 4.39. The summed E-state index contributed by atoms with van der Waals surface area (Å²) in [7, 11) is 4.27. The van der Waals surface area contributed by atoms with Gasteiger partial charge in [-0.3, -0.25) is 0 Å². The SMILES string of the molecule is CN1CCCC(CN(C)CC(N)CO)C1. The summed E-state index contributed by atoms with van der Waals surface area (Å²) in [5.41, 5.74) is 5.70. The van der Waals surface area contributed by atoms with Crippen molar-refractivity contribution in [3.63, 3.8) is 0 Å². The lowest BCUT2D eigenvalue weighted by molar-refractivity contribution is 0.153. The first-order chi connectivity index (χ1) is 7.11. The second-order valence-corrected chi connectivity index (χ2v) is 4.93. The Hall–Kier alpha value is -0.160. The van der Waals surface area contributed by atoms with Crippen LogP contribution in [0.2, 0.25) is 0 Å². The Balaban J connectivity index is 2.21. The number of hydrogen-bond acceptors (Lipinski definition) is 4. The number of aliphatic hydroxyl groups excluding tert-OH is 1. The van der Waals surface area contributed by atoms with Crippen LogP contribution in [0.3, 0.4) is 0 Å². The number of nitrogens with two attached hydrogens (primary N) is 1. The van der Waals surface area contributed by atoms with Gasteiger partial charge in [-0.2, -0.15) is 0 Å². The Morgan fingerprint density at radius 3 is 2.93 bits per heavy atom. The number of piperidine rings is 1. The molecule has 0 aliphatic carbocycles. The maximum Gasteiger partial charge on any atom is 0.0595 e. The highest BCUT2D eigenvalue weighted by atomic mass is 16.3. The Morgan fingerprint density at radius 1 is 1.60 bits per heavy atom. The van der Waals surface area contributed by atoms with Crippen molar-refractivity contribution in [1.82, 2.24) is 9.80 Å². The van der Waals surface area contributed by atoms with Crippen molar-refractivity contribution < 1.29 is 5.11 Å². The fourth-order valence-electron chi connectivity index (χ4n) is 2.40. The van der Waals surface area contributed by atoms with E-state index in [-0.39, 0.29) is 12.6 Å². The molecule has 4 heteroatoms. The Morgan fingerprint density at radius 2 is 2.33 bits per heavy atom. The summed E-state index contributed by atoms with van der Waals surface area (Å²) < 4.78 is 0. The molecule has 3 N–H and O–H groups in total. The van der Waals surface area contributed by atoms with Crippen LogP contribution in [0.1, 0.15) is 12.8 Å². The minimum atomic E-state index is -0.101. The molecule has 0 aromatic rings. The monoisotopic (exact) mass is 215 g/mol. The third-order valence-electron chi connectivity index (χ3n) is 3.07. The van der Waals surface area contributed by atoms with Crippen molar-refractivity contribution in [2.45, 2.75) is 18.9 Å². The topological polar surface area (TPSA) is 52.7 Å². The van der Waals surface area contributed by atoms with Gasteiger partial charge in [-0.15, -0.1) is 0 Å². The van der Waals surface area contributed by atoms with E-state index in [1.165, 1.54) is 25.9 Å². The van der Waals surface area contributed by atoms with Gasteiger partial charge in [-0.1, -0.05) is 0 Å². The van der Waals surface area contributed by atoms with E-state index in [1.54, 1.807) is 0 Å². The third kappa shape index (κ3) is 4.93. The van der Waals surface area contributed by atoms with Crippen LogP contribution >= 0.6 is 0 Å². The molecule has 0 amide bonds. The molecule has 0 radical (unpaired) electrons. The molecule has 0 aromatic heterocycles. The Kier molecular flexibility index (Phi) is 5.53. The summed E-state index contributed by atoms with van der Waals surface area (Å²) in [5.74, 6) is 0.764. The highest BCUT2D eigenvalue weighted by molar-refractivity contribution is 4.74. The van der Waals surface area contributed by atoms with Gasteiger partial charge in [0.2, 0.25) is 0 Å². The van der Waals surface area contributed by atoms with Crippen LogP contribution in [0.4, 0.5) is 0 Å². The zero-order valence-corrected chi connectivity index (χ0v) is 10.0. The number of aliphatic hydroxyl groups is 1. The smallest absolute Gasteiger partial charge is 0.0595 e. The molecule has 1 aliphatic heterocycles. The number of likely N-dealkylation sites (tertiary alicyclic amines) is 1. The molecule has 15 heavy (non-hydrogen) atoms. The van der Waals surface area contributed by atoms with Crippen LogP contribution in [0.5, 0.6) is 0 Å². The summed E-state index contributed by atoms with van der Waals surface area (Å²) in [6, 6.07) is -0.101. The van der Waals surface area contributed by atoms with Crippen molar-refractivity contribution in [2.24, 2.45) is 11.7 Å². The average Bonchev–Trinajstić information content (AvgIpc) is 2.17. The Bertz CT molecular complexity index is 177. The standard InChI is InChI=1S/C11H25N3O/c1-13-5-3-4-10(6-13)7-14(2)8-11(12)9-15/h10-11,15H,3-9,12H2,1-2H3. The molecule has 1 heterocycles. The number of hydrogen-bond donors (Lipinski definition) is 2. The lowest BCUT2D eigenvalue weighted by Gasteiger charge is -2.32. The van der Waals surface area contributed by atoms with E-state index in [1.807, 2.05) is 0 Å². The first-order valence-corrected chi connectivity index (χ1v) is 5.85. The van der Waals surface area contributed by atoms with E-state index in [0.717, 1.165) is 19.0 Å². The van der Waals surface area contributed by atoms with Gasteiger partial charge in [0, 0.05) is 25.7 Å². The molecule has 0 bridgehead atoms. The van der Waals surface area contributed by atoms with Crippen molar-refractivity contribution >= 4 is 0 Å². The van der Waals surface area contributed by atoms with Gasteiger partial charge in [0.05, 0.1) is 6.61 Å².